The molecule has 1 saturated carbocycles. The molecule has 0 spiro atoms. The van der Waals surface area contributed by atoms with E-state index in [-0.39, 0.29) is 17.9 Å². The lowest BCUT2D eigenvalue weighted by Gasteiger charge is -2.51. The molecule has 1 aliphatic carbocycles. The second kappa shape index (κ2) is 4.80. The summed E-state index contributed by atoms with van der Waals surface area (Å²) in [6.45, 7) is 7.32. The zero-order valence-corrected chi connectivity index (χ0v) is 12.6. The highest BCUT2D eigenvalue weighted by molar-refractivity contribution is 6.01. The molecule has 0 bridgehead atoms. The highest BCUT2D eigenvalue weighted by atomic mass is 16.2. The summed E-state index contributed by atoms with van der Waals surface area (Å²) >= 11 is 0. The molecule has 2 aliphatic rings. The SMILES string of the molecule is CC1(C)NC(=O)C(C)(C)N(C2CCCCCC2)C1=O. The van der Waals surface area contributed by atoms with Gasteiger partial charge in [-0.15, -0.1) is 0 Å². The summed E-state index contributed by atoms with van der Waals surface area (Å²) in [4.78, 5) is 26.9. The zero-order valence-electron chi connectivity index (χ0n) is 12.6. The predicted octanol–water partition coefficient (Wildman–Crippen LogP) is 2.22. The molecule has 1 aliphatic heterocycles. The van der Waals surface area contributed by atoms with E-state index >= 15 is 0 Å². The van der Waals surface area contributed by atoms with Gasteiger partial charge >= 0.3 is 0 Å². The summed E-state index contributed by atoms with van der Waals surface area (Å²) in [5.74, 6) is 0.0188. The zero-order chi connectivity index (χ0) is 14.3. The van der Waals surface area contributed by atoms with Gasteiger partial charge in [-0.2, -0.15) is 0 Å². The van der Waals surface area contributed by atoms with Crippen LogP contribution in [0.4, 0.5) is 0 Å². The van der Waals surface area contributed by atoms with Gasteiger partial charge in [0.1, 0.15) is 11.1 Å². The van der Waals surface area contributed by atoms with Crippen molar-refractivity contribution in [3.63, 3.8) is 0 Å². The molecule has 0 radical (unpaired) electrons. The number of hydrogen-bond donors (Lipinski definition) is 1. The van der Waals surface area contributed by atoms with E-state index in [9.17, 15) is 9.59 Å². The largest absolute Gasteiger partial charge is 0.340 e. The van der Waals surface area contributed by atoms with Crippen LogP contribution < -0.4 is 5.32 Å². The van der Waals surface area contributed by atoms with E-state index in [1.54, 1.807) is 13.8 Å². The number of nitrogens with zero attached hydrogens (tertiary/aromatic N) is 1. The van der Waals surface area contributed by atoms with Crippen LogP contribution in [-0.4, -0.2) is 33.8 Å². The Morgan fingerprint density at radius 3 is 2.05 bits per heavy atom. The van der Waals surface area contributed by atoms with Gasteiger partial charge in [0, 0.05) is 6.04 Å². The van der Waals surface area contributed by atoms with Crippen LogP contribution in [-0.2, 0) is 9.59 Å². The van der Waals surface area contributed by atoms with Gasteiger partial charge in [0.15, 0.2) is 0 Å². The first-order valence-electron chi connectivity index (χ1n) is 7.43. The number of amides is 2. The van der Waals surface area contributed by atoms with Crippen molar-refractivity contribution in [2.24, 2.45) is 0 Å². The minimum absolute atomic E-state index is 0.0404. The molecule has 1 saturated heterocycles. The van der Waals surface area contributed by atoms with E-state index in [0.29, 0.717) is 0 Å². The molecule has 0 aromatic rings. The van der Waals surface area contributed by atoms with E-state index in [2.05, 4.69) is 5.32 Å². The lowest BCUT2D eigenvalue weighted by Crippen LogP contribution is -2.74. The van der Waals surface area contributed by atoms with Crippen LogP contribution in [0, 0.1) is 0 Å². The summed E-state index contributed by atoms with van der Waals surface area (Å²) in [5.41, 5.74) is -1.51. The van der Waals surface area contributed by atoms with Gasteiger partial charge in [0.2, 0.25) is 11.8 Å². The fourth-order valence-corrected chi connectivity index (χ4v) is 3.29. The van der Waals surface area contributed by atoms with E-state index in [1.165, 1.54) is 12.8 Å². The third-order valence-corrected chi connectivity index (χ3v) is 4.53. The van der Waals surface area contributed by atoms with Crippen LogP contribution in [0.15, 0.2) is 0 Å². The molecule has 108 valence electrons. The van der Waals surface area contributed by atoms with Crippen LogP contribution in [0.25, 0.3) is 0 Å². The van der Waals surface area contributed by atoms with Crippen molar-refractivity contribution in [1.29, 1.82) is 0 Å². The standard InChI is InChI=1S/C15H26N2O2/c1-14(2)13(19)17(15(3,4)12(18)16-14)11-9-7-5-6-8-10-11/h11H,5-10H2,1-4H3,(H,16,18). The predicted molar refractivity (Wildman–Crippen MR) is 74.6 cm³/mol. The van der Waals surface area contributed by atoms with Crippen molar-refractivity contribution < 1.29 is 9.59 Å². The fraction of sp³-hybridized carbons (Fsp3) is 0.867. The molecule has 19 heavy (non-hydrogen) atoms. The summed E-state index contributed by atoms with van der Waals surface area (Å²) in [5, 5.41) is 2.85. The highest BCUT2D eigenvalue weighted by Crippen LogP contribution is 2.33. The van der Waals surface area contributed by atoms with Crippen molar-refractivity contribution in [1.82, 2.24) is 10.2 Å². The summed E-state index contributed by atoms with van der Waals surface area (Å²) in [6, 6.07) is 0.218. The molecule has 4 nitrogen and oxygen atoms in total. The van der Waals surface area contributed by atoms with Crippen molar-refractivity contribution in [3.8, 4) is 0 Å². The lowest BCUT2D eigenvalue weighted by molar-refractivity contribution is -0.163. The van der Waals surface area contributed by atoms with E-state index in [1.807, 2.05) is 18.7 Å². The normalized spacial score (nSPS) is 27.9. The molecule has 0 atom stereocenters. The minimum atomic E-state index is -0.779. The number of rotatable bonds is 1. The number of carbonyl (C=O) groups excluding carboxylic acids is 2. The Morgan fingerprint density at radius 2 is 1.53 bits per heavy atom. The molecule has 4 heteroatoms. The lowest BCUT2D eigenvalue weighted by atomic mass is 9.86. The monoisotopic (exact) mass is 266 g/mol. The van der Waals surface area contributed by atoms with Crippen molar-refractivity contribution in [2.45, 2.75) is 83.3 Å². The number of nitrogens with one attached hydrogen (secondary N) is 1. The molecule has 0 unspecified atom stereocenters. The number of piperazine rings is 1. The van der Waals surface area contributed by atoms with Crippen LogP contribution in [0.2, 0.25) is 0 Å². The Balaban J connectivity index is 2.32. The first-order valence-corrected chi connectivity index (χ1v) is 7.43. The van der Waals surface area contributed by atoms with Gasteiger partial charge in [-0.1, -0.05) is 25.7 Å². The molecule has 0 aromatic heterocycles. The van der Waals surface area contributed by atoms with E-state index in [4.69, 9.17) is 0 Å². The van der Waals surface area contributed by atoms with Crippen molar-refractivity contribution >= 4 is 11.8 Å². The Hall–Kier alpha value is -1.06. The average Bonchev–Trinajstić information content (AvgIpc) is 2.55. The summed E-state index contributed by atoms with van der Waals surface area (Å²) < 4.78 is 0. The third-order valence-electron chi connectivity index (χ3n) is 4.53. The van der Waals surface area contributed by atoms with Gasteiger partial charge in [-0.05, 0) is 40.5 Å². The molecule has 1 N–H and O–H groups in total. The van der Waals surface area contributed by atoms with Gasteiger partial charge in [-0.25, -0.2) is 0 Å². The van der Waals surface area contributed by atoms with Gasteiger partial charge in [0.05, 0.1) is 0 Å². The van der Waals surface area contributed by atoms with Gasteiger partial charge < -0.3 is 10.2 Å². The molecule has 2 fully saturated rings. The van der Waals surface area contributed by atoms with Crippen molar-refractivity contribution in [2.75, 3.05) is 0 Å². The number of hydrogen-bond acceptors (Lipinski definition) is 2. The topological polar surface area (TPSA) is 49.4 Å². The minimum Gasteiger partial charge on any atom is -0.340 e. The molecular formula is C15H26N2O2. The first kappa shape index (κ1) is 14.4. The van der Waals surface area contributed by atoms with E-state index in [0.717, 1.165) is 25.7 Å². The van der Waals surface area contributed by atoms with Crippen LogP contribution in [0.5, 0.6) is 0 Å². The second-order valence-electron chi connectivity index (χ2n) is 6.96. The summed E-state index contributed by atoms with van der Waals surface area (Å²) in [6.07, 6.45) is 6.86. The molecular weight excluding hydrogens is 240 g/mol. The van der Waals surface area contributed by atoms with Crippen LogP contribution in [0.1, 0.15) is 66.2 Å². The van der Waals surface area contributed by atoms with Gasteiger partial charge in [0.25, 0.3) is 0 Å². The molecule has 2 amide bonds. The Labute approximate surface area is 115 Å². The summed E-state index contributed by atoms with van der Waals surface area (Å²) in [7, 11) is 0. The quantitative estimate of drug-likeness (QED) is 0.740. The van der Waals surface area contributed by atoms with Crippen LogP contribution >= 0.6 is 0 Å². The van der Waals surface area contributed by atoms with Gasteiger partial charge in [-0.3, -0.25) is 9.59 Å². The Kier molecular flexibility index (Phi) is 3.63. The maximum atomic E-state index is 12.7. The first-order chi connectivity index (χ1) is 8.77. The second-order valence-corrected chi connectivity index (χ2v) is 6.96. The maximum absolute atomic E-state index is 12.7. The van der Waals surface area contributed by atoms with Crippen LogP contribution in [0.3, 0.4) is 0 Å². The highest BCUT2D eigenvalue weighted by Gasteiger charge is 2.52. The smallest absolute Gasteiger partial charge is 0.248 e. The molecule has 0 aromatic carbocycles. The third kappa shape index (κ3) is 2.49. The number of carbonyl (C=O) groups is 2. The average molecular weight is 266 g/mol. The maximum Gasteiger partial charge on any atom is 0.248 e. The van der Waals surface area contributed by atoms with Crippen molar-refractivity contribution in [3.05, 3.63) is 0 Å². The molecule has 2 rings (SSSR count). The Bertz CT molecular complexity index is 380. The molecule has 1 heterocycles. The van der Waals surface area contributed by atoms with E-state index < -0.39 is 11.1 Å². The fourth-order valence-electron chi connectivity index (χ4n) is 3.29. The Morgan fingerprint density at radius 1 is 1.00 bits per heavy atom.